The average Bonchev–Trinajstić information content (AvgIpc) is 3.49. The van der Waals surface area contributed by atoms with Crippen LogP contribution in [0.1, 0.15) is 18.4 Å². The van der Waals surface area contributed by atoms with Crippen LogP contribution in [-0.4, -0.2) is 22.6 Å². The summed E-state index contributed by atoms with van der Waals surface area (Å²) in [5.41, 5.74) is 4.06. The standard InChI is InChI=1S/C25H22N2O3S.H2O/c1-26-31(29)22-9-6-17(7-10-22)19-3-2-4-21(15-19)27-24(28)25(12-13-25)20-8-5-18-11-14-30-23(18)16-20;/h2-11,14-16,26H,12-13H2,1H3,(H,27,28);1H2. The SMILES string of the molecule is CNS(=O)c1ccc(-c2cccc(NC(=O)C3(c4ccc5ccoc5c4)CC3)c2)cc1.O. The second-order valence-corrected chi connectivity index (χ2v) is 9.20. The normalized spacial score (nSPS) is 15.0. The van der Waals surface area contributed by atoms with Gasteiger partial charge in [-0.1, -0.05) is 36.4 Å². The Labute approximate surface area is 188 Å². The van der Waals surface area contributed by atoms with Crippen molar-refractivity contribution in [1.29, 1.82) is 0 Å². The molecule has 4 N–H and O–H groups in total. The molecule has 3 aromatic carbocycles. The van der Waals surface area contributed by atoms with Crippen molar-refractivity contribution in [1.82, 2.24) is 4.72 Å². The molecule has 0 radical (unpaired) electrons. The van der Waals surface area contributed by atoms with Crippen LogP contribution < -0.4 is 10.0 Å². The fraction of sp³-hybridized carbons (Fsp3) is 0.160. The summed E-state index contributed by atoms with van der Waals surface area (Å²) in [6.45, 7) is 0. The van der Waals surface area contributed by atoms with Gasteiger partial charge in [-0.15, -0.1) is 0 Å². The number of benzene rings is 3. The highest BCUT2D eigenvalue weighted by Gasteiger charge is 2.51. The van der Waals surface area contributed by atoms with Crippen LogP contribution in [-0.2, 0) is 21.2 Å². The molecule has 1 saturated carbocycles. The smallest absolute Gasteiger partial charge is 0.235 e. The molecule has 1 fully saturated rings. The van der Waals surface area contributed by atoms with Gasteiger partial charge < -0.3 is 15.2 Å². The van der Waals surface area contributed by atoms with E-state index in [1.165, 1.54) is 0 Å². The molecule has 32 heavy (non-hydrogen) atoms. The number of hydrogen-bond acceptors (Lipinski definition) is 3. The number of carbonyl (C=O) groups excluding carboxylic acids is 1. The predicted octanol–water partition coefficient (Wildman–Crippen LogP) is 4.19. The number of nitrogens with one attached hydrogen (secondary N) is 2. The summed E-state index contributed by atoms with van der Waals surface area (Å²) in [7, 11) is 0.454. The Hall–Kier alpha value is -3.26. The van der Waals surface area contributed by atoms with Crippen LogP contribution in [0.5, 0.6) is 0 Å². The van der Waals surface area contributed by atoms with Crippen molar-refractivity contribution in [2.45, 2.75) is 23.2 Å². The van der Waals surface area contributed by atoms with Crippen LogP contribution >= 0.6 is 0 Å². The van der Waals surface area contributed by atoms with E-state index in [4.69, 9.17) is 4.42 Å². The van der Waals surface area contributed by atoms with Crippen molar-refractivity contribution in [3.05, 3.63) is 84.6 Å². The van der Waals surface area contributed by atoms with Crippen LogP contribution in [0.3, 0.4) is 0 Å². The maximum absolute atomic E-state index is 13.2. The van der Waals surface area contributed by atoms with Gasteiger partial charge >= 0.3 is 0 Å². The Morgan fingerprint density at radius 1 is 0.969 bits per heavy atom. The van der Waals surface area contributed by atoms with Gasteiger partial charge in [-0.05, 0) is 73.0 Å². The Morgan fingerprint density at radius 2 is 1.75 bits per heavy atom. The number of hydrogen-bond donors (Lipinski definition) is 2. The number of fused-ring (bicyclic) bond motifs is 1. The first kappa shape index (κ1) is 22.0. The number of furan rings is 1. The molecule has 1 aromatic heterocycles. The molecule has 164 valence electrons. The molecular formula is C25H24N2O4S. The first-order valence-corrected chi connectivity index (χ1v) is 11.3. The maximum Gasteiger partial charge on any atom is 0.235 e. The van der Waals surface area contributed by atoms with Crippen LogP contribution in [0.2, 0.25) is 0 Å². The van der Waals surface area contributed by atoms with Gasteiger partial charge in [0.1, 0.15) is 16.6 Å². The van der Waals surface area contributed by atoms with Gasteiger partial charge in [0, 0.05) is 11.1 Å². The lowest BCUT2D eigenvalue weighted by molar-refractivity contribution is -0.118. The summed E-state index contributed by atoms with van der Waals surface area (Å²) in [4.78, 5) is 13.9. The van der Waals surface area contributed by atoms with E-state index in [1.54, 1.807) is 13.3 Å². The van der Waals surface area contributed by atoms with E-state index < -0.39 is 16.4 Å². The average molecular weight is 449 g/mol. The highest BCUT2D eigenvalue weighted by atomic mass is 32.2. The van der Waals surface area contributed by atoms with Gasteiger partial charge in [-0.2, -0.15) is 0 Å². The fourth-order valence-electron chi connectivity index (χ4n) is 3.94. The summed E-state index contributed by atoms with van der Waals surface area (Å²) in [5, 5.41) is 4.14. The second kappa shape index (κ2) is 8.70. The van der Waals surface area contributed by atoms with E-state index >= 15 is 0 Å². The molecular weight excluding hydrogens is 424 g/mol. The van der Waals surface area contributed by atoms with Crippen molar-refractivity contribution in [3.63, 3.8) is 0 Å². The molecule has 0 aliphatic heterocycles. The van der Waals surface area contributed by atoms with E-state index in [2.05, 4.69) is 10.0 Å². The van der Waals surface area contributed by atoms with Crippen molar-refractivity contribution in [2.75, 3.05) is 12.4 Å². The minimum absolute atomic E-state index is 0. The van der Waals surface area contributed by atoms with Crippen molar-refractivity contribution in [2.24, 2.45) is 0 Å². The highest BCUT2D eigenvalue weighted by Crippen LogP contribution is 2.49. The van der Waals surface area contributed by atoms with E-state index in [0.29, 0.717) is 0 Å². The number of amides is 1. The molecule has 1 atom stereocenters. The molecule has 0 bridgehead atoms. The van der Waals surface area contributed by atoms with Gasteiger partial charge in [0.2, 0.25) is 5.91 Å². The minimum Gasteiger partial charge on any atom is -0.464 e. The Kier molecular flexibility index (Phi) is 5.97. The molecule has 1 heterocycles. The predicted molar refractivity (Wildman–Crippen MR) is 127 cm³/mol. The second-order valence-electron chi connectivity index (χ2n) is 7.79. The first-order chi connectivity index (χ1) is 15.1. The summed E-state index contributed by atoms with van der Waals surface area (Å²) in [6.07, 6.45) is 3.33. The molecule has 7 heteroatoms. The summed E-state index contributed by atoms with van der Waals surface area (Å²) >= 11 is 0. The third kappa shape index (κ3) is 3.98. The molecule has 0 saturated heterocycles. The van der Waals surface area contributed by atoms with Crippen molar-refractivity contribution >= 4 is 33.5 Å². The highest BCUT2D eigenvalue weighted by molar-refractivity contribution is 7.83. The lowest BCUT2D eigenvalue weighted by atomic mass is 9.94. The molecule has 1 amide bonds. The van der Waals surface area contributed by atoms with E-state index in [0.717, 1.165) is 51.1 Å². The molecule has 1 aliphatic rings. The fourth-order valence-corrected chi connectivity index (χ4v) is 4.56. The van der Waals surface area contributed by atoms with Crippen LogP contribution in [0.4, 0.5) is 5.69 Å². The monoisotopic (exact) mass is 448 g/mol. The zero-order valence-corrected chi connectivity index (χ0v) is 18.4. The van der Waals surface area contributed by atoms with E-state index in [1.807, 2.05) is 72.8 Å². The topological polar surface area (TPSA) is 103 Å². The van der Waals surface area contributed by atoms with Gasteiger partial charge in [0.25, 0.3) is 0 Å². The number of rotatable bonds is 6. The molecule has 0 spiro atoms. The quantitative estimate of drug-likeness (QED) is 0.462. The largest absolute Gasteiger partial charge is 0.464 e. The van der Waals surface area contributed by atoms with Crippen molar-refractivity contribution in [3.8, 4) is 11.1 Å². The zero-order chi connectivity index (χ0) is 21.4. The van der Waals surface area contributed by atoms with E-state index in [-0.39, 0.29) is 11.4 Å². The molecule has 4 aromatic rings. The number of anilines is 1. The molecule has 1 aliphatic carbocycles. The van der Waals surface area contributed by atoms with Gasteiger partial charge in [-0.3, -0.25) is 4.79 Å². The van der Waals surface area contributed by atoms with Crippen molar-refractivity contribution < 1.29 is 18.9 Å². The van der Waals surface area contributed by atoms with Crippen LogP contribution in [0.15, 0.2) is 88.4 Å². The van der Waals surface area contributed by atoms with Crippen LogP contribution in [0.25, 0.3) is 22.1 Å². The molecule has 6 nitrogen and oxygen atoms in total. The summed E-state index contributed by atoms with van der Waals surface area (Å²) in [6, 6.07) is 23.3. The van der Waals surface area contributed by atoms with Gasteiger partial charge in [0.15, 0.2) is 0 Å². The lowest BCUT2D eigenvalue weighted by Gasteiger charge is -2.16. The van der Waals surface area contributed by atoms with E-state index in [9.17, 15) is 9.00 Å². The third-order valence-corrected chi connectivity index (χ3v) is 6.97. The Balaban J connectivity index is 0.00000245. The zero-order valence-electron chi connectivity index (χ0n) is 17.6. The Bertz CT molecular complexity index is 1290. The Morgan fingerprint density at radius 3 is 2.47 bits per heavy atom. The maximum atomic E-state index is 13.2. The summed E-state index contributed by atoms with van der Waals surface area (Å²) in [5.74, 6) is 0.00956. The molecule has 1 unspecified atom stereocenters. The summed E-state index contributed by atoms with van der Waals surface area (Å²) < 4.78 is 20.1. The van der Waals surface area contributed by atoms with Crippen LogP contribution in [0, 0.1) is 0 Å². The molecule has 5 rings (SSSR count). The minimum atomic E-state index is -1.21. The third-order valence-electron chi connectivity index (χ3n) is 5.90. The number of carbonyl (C=O) groups is 1. The first-order valence-electron chi connectivity index (χ1n) is 10.2. The van der Waals surface area contributed by atoms with Gasteiger partial charge in [-0.25, -0.2) is 8.93 Å². The lowest BCUT2D eigenvalue weighted by Crippen LogP contribution is -2.27. The van der Waals surface area contributed by atoms with Gasteiger partial charge in [0.05, 0.1) is 16.6 Å².